The molecule has 0 aromatic heterocycles. The molecular weight excluding hydrogens is 300 g/mol. The van der Waals surface area contributed by atoms with Crippen LogP contribution in [0.3, 0.4) is 0 Å². The maximum absolute atomic E-state index is 2.40. The highest BCUT2D eigenvalue weighted by Gasteiger charge is 2.17. The summed E-state index contributed by atoms with van der Waals surface area (Å²) in [6.45, 7) is 16.1. The average Bonchev–Trinajstić information content (AvgIpc) is 2.54. The van der Waals surface area contributed by atoms with Gasteiger partial charge in [-0.05, 0) is 72.3 Å². The van der Waals surface area contributed by atoms with Gasteiger partial charge in [0.2, 0.25) is 0 Å². The van der Waals surface area contributed by atoms with E-state index in [0.717, 1.165) is 0 Å². The third-order valence-corrected chi connectivity index (χ3v) is 5.55. The van der Waals surface area contributed by atoms with Gasteiger partial charge in [-0.1, -0.05) is 83.0 Å². The van der Waals surface area contributed by atoms with E-state index in [1.54, 1.807) is 11.1 Å². The lowest BCUT2D eigenvalue weighted by Gasteiger charge is -2.23. The van der Waals surface area contributed by atoms with Crippen molar-refractivity contribution in [3.05, 3.63) is 69.8 Å². The van der Waals surface area contributed by atoms with Crippen LogP contribution >= 0.6 is 0 Å². The molecule has 0 bridgehead atoms. The van der Waals surface area contributed by atoms with Crippen LogP contribution in [0.25, 0.3) is 0 Å². The van der Waals surface area contributed by atoms with E-state index in [1.807, 2.05) is 0 Å². The second-order valence-electron chi connectivity index (χ2n) is 8.26. The Morgan fingerprint density at radius 1 is 0.800 bits per heavy atom. The number of aryl methyl sites for hydroxylation is 3. The second kappa shape index (κ2) is 8.70. The molecule has 2 aromatic carbocycles. The summed E-state index contributed by atoms with van der Waals surface area (Å²) in [5.41, 5.74) is 8.90. The maximum Gasteiger partial charge on any atom is -0.0182 e. The van der Waals surface area contributed by atoms with Crippen LogP contribution in [0.2, 0.25) is 0 Å². The summed E-state index contributed by atoms with van der Waals surface area (Å²) < 4.78 is 0. The van der Waals surface area contributed by atoms with Crippen LogP contribution in [0.5, 0.6) is 0 Å². The number of hydrogen-bond acceptors (Lipinski definition) is 0. The van der Waals surface area contributed by atoms with Gasteiger partial charge in [-0.3, -0.25) is 0 Å². The normalized spacial score (nSPS) is 13.9. The Balaban J connectivity index is 2.19. The van der Waals surface area contributed by atoms with Crippen molar-refractivity contribution in [3.8, 4) is 0 Å². The minimum Gasteiger partial charge on any atom is -0.0651 e. The lowest BCUT2D eigenvalue weighted by Crippen LogP contribution is -2.06. The van der Waals surface area contributed by atoms with Gasteiger partial charge in [-0.2, -0.15) is 0 Å². The minimum atomic E-state index is 0.590. The Kier molecular flexibility index (Phi) is 6.87. The van der Waals surface area contributed by atoms with Crippen molar-refractivity contribution in [1.82, 2.24) is 0 Å². The molecule has 0 saturated carbocycles. The summed E-state index contributed by atoms with van der Waals surface area (Å²) in [7, 11) is 0. The molecule has 2 rings (SSSR count). The van der Waals surface area contributed by atoms with Crippen LogP contribution < -0.4 is 0 Å². The molecule has 2 unspecified atom stereocenters. The molecule has 2 atom stereocenters. The van der Waals surface area contributed by atoms with E-state index < -0.39 is 0 Å². The van der Waals surface area contributed by atoms with Gasteiger partial charge >= 0.3 is 0 Å². The molecule has 0 fully saturated rings. The number of benzene rings is 2. The zero-order valence-electron chi connectivity index (χ0n) is 17.3. The lowest BCUT2D eigenvalue weighted by atomic mass is 9.82. The molecular formula is C25H36. The van der Waals surface area contributed by atoms with Crippen molar-refractivity contribution >= 4 is 0 Å². The van der Waals surface area contributed by atoms with Crippen molar-refractivity contribution in [1.29, 1.82) is 0 Å². The molecule has 0 spiro atoms. The van der Waals surface area contributed by atoms with Crippen LogP contribution in [0, 0.1) is 13.8 Å². The first-order chi connectivity index (χ1) is 11.8. The van der Waals surface area contributed by atoms with Gasteiger partial charge in [-0.25, -0.2) is 0 Å². The molecule has 0 N–H and O–H groups in total. The Hall–Kier alpha value is -1.56. The van der Waals surface area contributed by atoms with Gasteiger partial charge in [0, 0.05) is 0 Å². The van der Waals surface area contributed by atoms with Crippen molar-refractivity contribution in [2.75, 3.05) is 0 Å². The highest BCUT2D eigenvalue weighted by atomic mass is 14.2. The average molecular weight is 337 g/mol. The SMILES string of the molecule is CCCc1cc(C)ccc1C(C)CC(C)c1ccc(C(C)C)cc1C. The van der Waals surface area contributed by atoms with Crippen LogP contribution in [0.1, 0.15) is 98.6 Å². The summed E-state index contributed by atoms with van der Waals surface area (Å²) in [4.78, 5) is 0. The Morgan fingerprint density at radius 2 is 1.44 bits per heavy atom. The summed E-state index contributed by atoms with van der Waals surface area (Å²) in [5, 5.41) is 0. The molecule has 0 radical (unpaired) electrons. The monoisotopic (exact) mass is 336 g/mol. The van der Waals surface area contributed by atoms with E-state index in [4.69, 9.17) is 0 Å². The van der Waals surface area contributed by atoms with Crippen molar-refractivity contribution in [2.24, 2.45) is 0 Å². The Bertz CT molecular complexity index is 693. The van der Waals surface area contributed by atoms with Crippen molar-refractivity contribution < 1.29 is 0 Å². The third kappa shape index (κ3) is 4.97. The predicted octanol–water partition coefficient (Wildman–Crippen LogP) is 7.68. The zero-order chi connectivity index (χ0) is 18.6. The highest BCUT2D eigenvalue weighted by Crippen LogP contribution is 2.34. The van der Waals surface area contributed by atoms with E-state index in [1.165, 1.54) is 41.5 Å². The van der Waals surface area contributed by atoms with Crippen LogP contribution in [-0.2, 0) is 6.42 Å². The van der Waals surface area contributed by atoms with Crippen LogP contribution in [-0.4, -0.2) is 0 Å². The van der Waals surface area contributed by atoms with E-state index in [-0.39, 0.29) is 0 Å². The standard InChI is InChI=1S/C25H36/c1-8-9-23-14-18(4)10-12-25(23)20(6)15-19(5)24-13-11-22(17(2)3)16-21(24)7/h10-14,16-17,19-20H,8-9,15H2,1-7H3. The maximum atomic E-state index is 2.40. The molecule has 136 valence electrons. The first-order valence-corrected chi connectivity index (χ1v) is 10.0. The first-order valence-electron chi connectivity index (χ1n) is 10.0. The van der Waals surface area contributed by atoms with Crippen molar-refractivity contribution in [2.45, 2.75) is 85.5 Å². The van der Waals surface area contributed by atoms with Crippen LogP contribution in [0.4, 0.5) is 0 Å². The number of hydrogen-bond donors (Lipinski definition) is 0. The quantitative estimate of drug-likeness (QED) is 0.486. The predicted molar refractivity (Wildman–Crippen MR) is 112 cm³/mol. The molecule has 0 aliphatic carbocycles. The van der Waals surface area contributed by atoms with Gasteiger partial charge in [-0.15, -0.1) is 0 Å². The Labute approximate surface area is 155 Å². The topological polar surface area (TPSA) is 0 Å². The van der Waals surface area contributed by atoms with Gasteiger partial charge < -0.3 is 0 Å². The van der Waals surface area contributed by atoms with E-state index in [9.17, 15) is 0 Å². The summed E-state index contributed by atoms with van der Waals surface area (Å²) in [5.74, 6) is 1.79. The largest absolute Gasteiger partial charge is 0.0651 e. The van der Waals surface area contributed by atoms with E-state index in [2.05, 4.69) is 84.9 Å². The minimum absolute atomic E-state index is 0.590. The zero-order valence-corrected chi connectivity index (χ0v) is 17.3. The second-order valence-corrected chi connectivity index (χ2v) is 8.26. The Morgan fingerprint density at radius 3 is 2.04 bits per heavy atom. The molecule has 2 aromatic rings. The van der Waals surface area contributed by atoms with Gasteiger partial charge in [0.1, 0.15) is 0 Å². The van der Waals surface area contributed by atoms with Gasteiger partial charge in [0.15, 0.2) is 0 Å². The molecule has 0 aliphatic heterocycles. The van der Waals surface area contributed by atoms with Gasteiger partial charge in [0.25, 0.3) is 0 Å². The third-order valence-electron chi connectivity index (χ3n) is 5.55. The van der Waals surface area contributed by atoms with Gasteiger partial charge in [0.05, 0.1) is 0 Å². The molecule has 0 nitrogen and oxygen atoms in total. The lowest BCUT2D eigenvalue weighted by molar-refractivity contribution is 0.586. The molecule has 0 heteroatoms. The fourth-order valence-electron chi connectivity index (χ4n) is 4.10. The van der Waals surface area contributed by atoms with E-state index >= 15 is 0 Å². The summed E-state index contributed by atoms with van der Waals surface area (Å²) >= 11 is 0. The first kappa shape index (κ1) is 19.8. The molecule has 0 aliphatic rings. The highest BCUT2D eigenvalue weighted by molar-refractivity contribution is 5.37. The molecule has 25 heavy (non-hydrogen) atoms. The summed E-state index contributed by atoms with van der Waals surface area (Å²) in [6, 6.07) is 14.1. The fourth-order valence-corrected chi connectivity index (χ4v) is 4.10. The number of rotatable bonds is 7. The van der Waals surface area contributed by atoms with Crippen LogP contribution in [0.15, 0.2) is 36.4 Å². The molecule has 0 amide bonds. The molecule has 0 heterocycles. The van der Waals surface area contributed by atoms with E-state index in [0.29, 0.717) is 17.8 Å². The van der Waals surface area contributed by atoms with Crippen molar-refractivity contribution in [3.63, 3.8) is 0 Å². The smallest absolute Gasteiger partial charge is 0.0182 e. The fraction of sp³-hybridized carbons (Fsp3) is 0.520. The molecule has 0 saturated heterocycles. The summed E-state index contributed by atoms with van der Waals surface area (Å²) in [6.07, 6.45) is 3.62.